The second kappa shape index (κ2) is 5.20. The fraction of sp³-hybridized carbons (Fsp3) is 0.250. The summed E-state index contributed by atoms with van der Waals surface area (Å²) in [4.78, 5) is 14.2. The number of methoxy groups -OCH3 is 1. The van der Waals surface area contributed by atoms with Gasteiger partial charge >= 0.3 is 5.97 Å². The van der Waals surface area contributed by atoms with Crippen LogP contribution in [0.1, 0.15) is 24.2 Å². The number of hydrogen-bond donors (Lipinski definition) is 1. The quantitative estimate of drug-likeness (QED) is 0.727. The van der Waals surface area contributed by atoms with Gasteiger partial charge in [0, 0.05) is 17.1 Å². The Hall–Kier alpha value is -1.77. The summed E-state index contributed by atoms with van der Waals surface area (Å²) in [6, 6.07) is 7.33. The van der Waals surface area contributed by atoms with Crippen molar-refractivity contribution in [2.75, 3.05) is 7.11 Å². The number of benzene rings is 1. The van der Waals surface area contributed by atoms with E-state index in [1.165, 1.54) is 7.11 Å². The van der Waals surface area contributed by atoms with Crippen LogP contribution in [0.15, 0.2) is 30.5 Å². The molecule has 3 nitrogen and oxygen atoms in total. The van der Waals surface area contributed by atoms with Crippen molar-refractivity contribution in [3.63, 3.8) is 0 Å². The van der Waals surface area contributed by atoms with Gasteiger partial charge in [0.25, 0.3) is 0 Å². The molecule has 15 heavy (non-hydrogen) atoms. The van der Waals surface area contributed by atoms with Crippen molar-refractivity contribution in [1.82, 2.24) is 4.98 Å². The highest BCUT2D eigenvalue weighted by Gasteiger charge is 2.05. The van der Waals surface area contributed by atoms with E-state index in [2.05, 4.69) is 9.72 Å². The third-order valence-corrected chi connectivity index (χ3v) is 1.97. The van der Waals surface area contributed by atoms with Crippen molar-refractivity contribution >= 4 is 16.9 Å². The van der Waals surface area contributed by atoms with Crippen molar-refractivity contribution < 1.29 is 9.53 Å². The Morgan fingerprint density at radius 2 is 2.00 bits per heavy atom. The van der Waals surface area contributed by atoms with Crippen LogP contribution in [0.4, 0.5) is 0 Å². The van der Waals surface area contributed by atoms with E-state index in [0.717, 1.165) is 10.9 Å². The van der Waals surface area contributed by atoms with Gasteiger partial charge in [-0.2, -0.15) is 0 Å². The molecule has 2 aromatic rings. The molecule has 0 fully saturated rings. The number of esters is 1. The molecule has 3 heteroatoms. The topological polar surface area (TPSA) is 42.1 Å². The standard InChI is InChI=1S/C10H9NO2.C2H6/c1-13-10(12)8-2-3-9-7(6-8)4-5-11-9;1-2/h2-6,11H,1H3;1-2H3. The van der Waals surface area contributed by atoms with E-state index in [-0.39, 0.29) is 5.97 Å². The number of nitrogens with one attached hydrogen (secondary N) is 1. The molecule has 1 aromatic heterocycles. The van der Waals surface area contributed by atoms with Gasteiger partial charge < -0.3 is 9.72 Å². The molecule has 0 unspecified atom stereocenters. The Bertz CT molecular complexity index is 446. The first-order valence-electron chi connectivity index (χ1n) is 4.97. The average molecular weight is 205 g/mol. The highest BCUT2D eigenvalue weighted by molar-refractivity contribution is 5.94. The zero-order valence-corrected chi connectivity index (χ0v) is 9.20. The SMILES string of the molecule is CC.COC(=O)c1ccc2[nH]ccc2c1. The van der Waals surface area contributed by atoms with E-state index in [9.17, 15) is 4.79 Å². The van der Waals surface area contributed by atoms with Crippen LogP contribution in [0.3, 0.4) is 0 Å². The lowest BCUT2D eigenvalue weighted by atomic mass is 10.1. The van der Waals surface area contributed by atoms with Crippen molar-refractivity contribution in [3.05, 3.63) is 36.0 Å². The molecule has 0 bridgehead atoms. The maximum Gasteiger partial charge on any atom is 0.337 e. The molecule has 1 N–H and O–H groups in total. The van der Waals surface area contributed by atoms with Crippen LogP contribution in [0.2, 0.25) is 0 Å². The molecule has 0 atom stereocenters. The number of aromatic nitrogens is 1. The van der Waals surface area contributed by atoms with E-state index in [4.69, 9.17) is 0 Å². The van der Waals surface area contributed by atoms with Crippen LogP contribution in [0, 0.1) is 0 Å². The molecule has 1 heterocycles. The molecular formula is C12H15NO2. The maximum absolute atomic E-state index is 11.1. The van der Waals surface area contributed by atoms with E-state index in [1.54, 1.807) is 12.1 Å². The number of carbonyl (C=O) groups excluding carboxylic acids is 1. The Kier molecular flexibility index (Phi) is 3.92. The molecule has 0 saturated heterocycles. The van der Waals surface area contributed by atoms with Crippen LogP contribution < -0.4 is 0 Å². The molecule has 0 aliphatic rings. The zero-order chi connectivity index (χ0) is 11.3. The maximum atomic E-state index is 11.1. The summed E-state index contributed by atoms with van der Waals surface area (Å²) in [6.07, 6.45) is 1.84. The third kappa shape index (κ3) is 2.37. The number of rotatable bonds is 1. The molecule has 0 radical (unpaired) electrons. The molecule has 0 aliphatic heterocycles. The summed E-state index contributed by atoms with van der Waals surface area (Å²) in [6.45, 7) is 4.00. The predicted molar refractivity (Wildman–Crippen MR) is 61.0 cm³/mol. The van der Waals surface area contributed by atoms with Gasteiger partial charge in [0.15, 0.2) is 0 Å². The van der Waals surface area contributed by atoms with E-state index < -0.39 is 0 Å². The van der Waals surface area contributed by atoms with Gasteiger partial charge in [-0.25, -0.2) is 4.79 Å². The number of fused-ring (bicyclic) bond motifs is 1. The summed E-state index contributed by atoms with van der Waals surface area (Å²) in [5, 5.41) is 1.02. The normalized spacial score (nSPS) is 9.27. The Balaban J connectivity index is 0.000000531. The lowest BCUT2D eigenvalue weighted by Crippen LogP contribution is -2.00. The van der Waals surface area contributed by atoms with Crippen molar-refractivity contribution in [2.45, 2.75) is 13.8 Å². The number of hydrogen-bond acceptors (Lipinski definition) is 2. The second-order valence-corrected chi connectivity index (χ2v) is 2.77. The van der Waals surface area contributed by atoms with Gasteiger partial charge in [0.2, 0.25) is 0 Å². The molecule has 80 valence electrons. The van der Waals surface area contributed by atoms with Crippen LogP contribution in [0.25, 0.3) is 10.9 Å². The minimum Gasteiger partial charge on any atom is -0.465 e. The van der Waals surface area contributed by atoms with Gasteiger partial charge in [-0.05, 0) is 24.3 Å². The molecular weight excluding hydrogens is 190 g/mol. The lowest BCUT2D eigenvalue weighted by Gasteiger charge is -1.98. The van der Waals surface area contributed by atoms with Crippen LogP contribution in [-0.4, -0.2) is 18.1 Å². The number of carbonyl (C=O) groups is 1. The van der Waals surface area contributed by atoms with Gasteiger partial charge in [0.1, 0.15) is 0 Å². The van der Waals surface area contributed by atoms with Crippen molar-refractivity contribution in [2.24, 2.45) is 0 Å². The number of aromatic amines is 1. The number of H-pyrrole nitrogens is 1. The Morgan fingerprint density at radius 1 is 1.27 bits per heavy atom. The molecule has 2 rings (SSSR count). The molecule has 1 aromatic carbocycles. The molecule has 0 spiro atoms. The summed E-state index contributed by atoms with van der Waals surface area (Å²) in [5.74, 6) is -0.303. The minimum atomic E-state index is -0.303. The fourth-order valence-corrected chi connectivity index (χ4v) is 1.30. The van der Waals surface area contributed by atoms with Crippen LogP contribution in [0.5, 0.6) is 0 Å². The van der Waals surface area contributed by atoms with Crippen LogP contribution in [-0.2, 0) is 4.74 Å². The smallest absolute Gasteiger partial charge is 0.337 e. The second-order valence-electron chi connectivity index (χ2n) is 2.77. The minimum absolute atomic E-state index is 0.303. The summed E-state index contributed by atoms with van der Waals surface area (Å²) in [5.41, 5.74) is 1.60. The third-order valence-electron chi connectivity index (χ3n) is 1.97. The monoisotopic (exact) mass is 205 g/mol. The van der Waals surface area contributed by atoms with Crippen LogP contribution >= 0.6 is 0 Å². The molecule has 0 aliphatic carbocycles. The summed E-state index contributed by atoms with van der Waals surface area (Å²) < 4.78 is 4.61. The van der Waals surface area contributed by atoms with E-state index in [0.29, 0.717) is 5.56 Å². The van der Waals surface area contributed by atoms with Crippen molar-refractivity contribution in [3.8, 4) is 0 Å². The Labute approximate surface area is 89.1 Å². The van der Waals surface area contributed by atoms with Crippen molar-refractivity contribution in [1.29, 1.82) is 0 Å². The number of ether oxygens (including phenoxy) is 1. The highest BCUT2D eigenvalue weighted by Crippen LogP contribution is 2.14. The lowest BCUT2D eigenvalue weighted by molar-refractivity contribution is 0.0601. The van der Waals surface area contributed by atoms with Gasteiger partial charge in [-0.15, -0.1) is 0 Å². The van der Waals surface area contributed by atoms with Gasteiger partial charge in [-0.3, -0.25) is 0 Å². The van der Waals surface area contributed by atoms with E-state index in [1.807, 2.05) is 32.2 Å². The predicted octanol–water partition coefficient (Wildman–Crippen LogP) is 2.98. The summed E-state index contributed by atoms with van der Waals surface area (Å²) >= 11 is 0. The van der Waals surface area contributed by atoms with Gasteiger partial charge in [0.05, 0.1) is 12.7 Å². The first kappa shape index (κ1) is 11.3. The highest BCUT2D eigenvalue weighted by atomic mass is 16.5. The van der Waals surface area contributed by atoms with E-state index >= 15 is 0 Å². The molecule has 0 saturated carbocycles. The fourth-order valence-electron chi connectivity index (χ4n) is 1.30. The zero-order valence-electron chi connectivity index (χ0n) is 9.20. The first-order chi connectivity index (χ1) is 7.31. The first-order valence-corrected chi connectivity index (χ1v) is 4.97. The average Bonchev–Trinajstić information content (AvgIpc) is 2.77. The largest absolute Gasteiger partial charge is 0.465 e. The Morgan fingerprint density at radius 3 is 2.67 bits per heavy atom. The molecule has 0 amide bonds. The van der Waals surface area contributed by atoms with Gasteiger partial charge in [-0.1, -0.05) is 13.8 Å². The summed E-state index contributed by atoms with van der Waals surface area (Å²) in [7, 11) is 1.38.